The fraction of sp³-hybridized carbons (Fsp3) is 0.714. The van der Waals surface area contributed by atoms with E-state index in [0.29, 0.717) is 19.5 Å². The van der Waals surface area contributed by atoms with Crippen molar-refractivity contribution in [3.63, 3.8) is 0 Å². The number of carbonyl (C=O) groups is 1. The smallest absolute Gasteiger partial charge is 0.237 e. The van der Waals surface area contributed by atoms with Gasteiger partial charge in [-0.25, -0.2) is 0 Å². The Morgan fingerprint density at radius 3 is 2.41 bits per heavy atom. The van der Waals surface area contributed by atoms with Crippen LogP contribution in [0.4, 0.5) is 0 Å². The zero-order valence-electron chi connectivity index (χ0n) is 16.0. The van der Waals surface area contributed by atoms with Crippen LogP contribution < -0.4 is 0 Å². The number of rotatable bonds is 7. The van der Waals surface area contributed by atoms with Gasteiger partial charge >= 0.3 is 0 Å². The molecule has 0 N–H and O–H groups in total. The van der Waals surface area contributed by atoms with Crippen LogP contribution in [0, 0.1) is 29.1 Å². The Labute approximate surface area is 171 Å². The summed E-state index contributed by atoms with van der Waals surface area (Å²) in [5.74, 6) is 2.57. The molecule has 6 heteroatoms. The van der Waals surface area contributed by atoms with E-state index in [0.717, 1.165) is 47.9 Å². The fourth-order valence-corrected chi connectivity index (χ4v) is 7.43. The standard InChI is InChI=1S/C21H28ClN3OS/c1-24(13-18-3-4-19(22)27-18)14-20(26)25(6-2-5-23)21-10-15-7-16(11-21)9-17(8-15)12-21/h3-4,15-17H,2,6-14H2,1H3. The minimum atomic E-state index is 0.0236. The van der Waals surface area contributed by atoms with Crippen molar-refractivity contribution in [2.24, 2.45) is 17.8 Å². The van der Waals surface area contributed by atoms with E-state index < -0.39 is 0 Å². The Morgan fingerprint density at radius 1 is 1.26 bits per heavy atom. The van der Waals surface area contributed by atoms with Crippen LogP contribution in [-0.2, 0) is 11.3 Å². The van der Waals surface area contributed by atoms with Crippen molar-refractivity contribution in [3.05, 3.63) is 21.3 Å². The van der Waals surface area contributed by atoms with Crippen molar-refractivity contribution in [1.82, 2.24) is 9.80 Å². The summed E-state index contributed by atoms with van der Waals surface area (Å²) in [5.41, 5.74) is 0.0236. The zero-order valence-corrected chi connectivity index (χ0v) is 17.6. The number of amides is 1. The molecule has 0 spiro atoms. The number of carbonyl (C=O) groups excluding carboxylic acids is 1. The second-order valence-electron chi connectivity index (χ2n) is 8.97. The summed E-state index contributed by atoms with van der Waals surface area (Å²) >= 11 is 7.60. The van der Waals surface area contributed by atoms with Crippen LogP contribution in [0.2, 0.25) is 4.34 Å². The van der Waals surface area contributed by atoms with Crippen LogP contribution >= 0.6 is 22.9 Å². The van der Waals surface area contributed by atoms with Gasteiger partial charge in [-0.3, -0.25) is 9.69 Å². The lowest BCUT2D eigenvalue weighted by Gasteiger charge is -2.60. The van der Waals surface area contributed by atoms with E-state index >= 15 is 0 Å². The van der Waals surface area contributed by atoms with Crippen LogP contribution in [0.3, 0.4) is 0 Å². The van der Waals surface area contributed by atoms with Gasteiger partial charge in [0.05, 0.1) is 23.4 Å². The lowest BCUT2D eigenvalue weighted by molar-refractivity contribution is -0.151. The van der Waals surface area contributed by atoms with Crippen LogP contribution in [0.15, 0.2) is 12.1 Å². The highest BCUT2D eigenvalue weighted by Gasteiger charge is 2.54. The minimum Gasteiger partial charge on any atom is -0.335 e. The third-order valence-corrected chi connectivity index (χ3v) is 8.00. The van der Waals surface area contributed by atoms with Crippen LogP contribution in [0.1, 0.15) is 49.8 Å². The Bertz CT molecular complexity index is 705. The van der Waals surface area contributed by atoms with Crippen molar-refractivity contribution >= 4 is 28.8 Å². The quantitative estimate of drug-likeness (QED) is 0.668. The molecule has 4 bridgehead atoms. The van der Waals surface area contributed by atoms with Crippen molar-refractivity contribution in [1.29, 1.82) is 5.26 Å². The molecule has 1 amide bonds. The van der Waals surface area contributed by atoms with E-state index in [9.17, 15) is 4.79 Å². The monoisotopic (exact) mass is 405 g/mol. The third-order valence-electron chi connectivity index (χ3n) is 6.79. The van der Waals surface area contributed by atoms with Crippen LogP contribution in [-0.4, -0.2) is 41.4 Å². The molecule has 1 heterocycles. The molecule has 4 aliphatic rings. The molecule has 0 aliphatic heterocycles. The second-order valence-corrected chi connectivity index (χ2v) is 10.8. The maximum Gasteiger partial charge on any atom is 0.237 e. The van der Waals surface area contributed by atoms with E-state index in [2.05, 4.69) is 15.9 Å². The van der Waals surface area contributed by atoms with Crippen LogP contribution in [0.25, 0.3) is 0 Å². The van der Waals surface area contributed by atoms with E-state index in [1.165, 1.54) is 24.1 Å². The maximum absolute atomic E-state index is 13.3. The molecular formula is C21H28ClN3OS. The molecule has 4 saturated carbocycles. The molecule has 0 aromatic carbocycles. The summed E-state index contributed by atoms with van der Waals surface area (Å²) in [4.78, 5) is 18.7. The number of hydrogen-bond acceptors (Lipinski definition) is 4. The maximum atomic E-state index is 13.3. The largest absolute Gasteiger partial charge is 0.335 e. The van der Waals surface area contributed by atoms with Gasteiger partial charge in [0.1, 0.15) is 0 Å². The Kier molecular flexibility index (Phi) is 5.51. The van der Waals surface area contributed by atoms with E-state index in [1.807, 2.05) is 19.2 Å². The number of halogens is 1. The molecule has 1 aromatic heterocycles. The van der Waals surface area contributed by atoms with Crippen molar-refractivity contribution < 1.29 is 4.79 Å². The summed E-state index contributed by atoms with van der Waals surface area (Å²) in [7, 11) is 1.99. The van der Waals surface area contributed by atoms with Gasteiger partial charge < -0.3 is 4.90 Å². The van der Waals surface area contributed by atoms with Crippen LogP contribution in [0.5, 0.6) is 0 Å². The predicted molar refractivity (Wildman–Crippen MR) is 109 cm³/mol. The number of likely N-dealkylation sites (N-methyl/N-ethyl adjacent to an activating group) is 1. The van der Waals surface area contributed by atoms with E-state index in [4.69, 9.17) is 16.9 Å². The normalized spacial score (nSPS) is 31.3. The lowest BCUT2D eigenvalue weighted by Crippen LogP contribution is -2.62. The first-order chi connectivity index (χ1) is 13.0. The molecule has 4 nitrogen and oxygen atoms in total. The van der Waals surface area contributed by atoms with Crippen molar-refractivity contribution in [3.8, 4) is 6.07 Å². The highest BCUT2D eigenvalue weighted by atomic mass is 35.5. The second kappa shape index (κ2) is 7.73. The summed E-state index contributed by atoms with van der Waals surface area (Å²) < 4.78 is 0.786. The van der Waals surface area contributed by atoms with Gasteiger partial charge in [-0.2, -0.15) is 5.26 Å². The van der Waals surface area contributed by atoms with Gasteiger partial charge in [0.25, 0.3) is 0 Å². The van der Waals surface area contributed by atoms with Gasteiger partial charge in [-0.15, -0.1) is 11.3 Å². The number of nitriles is 1. The van der Waals surface area contributed by atoms with Crippen molar-refractivity contribution in [2.45, 2.75) is 57.0 Å². The third kappa shape index (κ3) is 4.04. The molecule has 0 radical (unpaired) electrons. The summed E-state index contributed by atoms with van der Waals surface area (Å²) in [5, 5.41) is 9.15. The zero-order chi connectivity index (χ0) is 19.0. The molecule has 5 rings (SSSR count). The lowest BCUT2D eigenvalue weighted by atomic mass is 9.52. The van der Waals surface area contributed by atoms with Gasteiger partial charge in [0.2, 0.25) is 5.91 Å². The predicted octanol–water partition coefficient (Wildman–Crippen LogP) is 4.54. The van der Waals surface area contributed by atoms with E-state index in [1.54, 1.807) is 11.3 Å². The number of nitrogens with zero attached hydrogens (tertiary/aromatic N) is 3. The molecule has 146 valence electrons. The molecule has 4 fully saturated rings. The first-order valence-corrected chi connectivity index (χ1v) is 11.3. The average molecular weight is 406 g/mol. The summed E-state index contributed by atoms with van der Waals surface area (Å²) in [6.45, 7) is 1.72. The molecule has 4 aliphatic carbocycles. The molecular weight excluding hydrogens is 378 g/mol. The number of hydrogen-bond donors (Lipinski definition) is 0. The van der Waals surface area contributed by atoms with E-state index in [-0.39, 0.29) is 11.4 Å². The molecule has 0 atom stereocenters. The Balaban J connectivity index is 1.46. The Morgan fingerprint density at radius 2 is 1.89 bits per heavy atom. The topological polar surface area (TPSA) is 47.3 Å². The Hall–Kier alpha value is -1.09. The summed E-state index contributed by atoms with van der Waals surface area (Å²) in [6, 6.07) is 6.20. The SMILES string of the molecule is CN(CC(=O)N(CCC#N)C12CC3CC(CC(C3)C1)C2)Cc1ccc(Cl)s1. The molecule has 0 unspecified atom stereocenters. The summed E-state index contributed by atoms with van der Waals surface area (Å²) in [6.07, 6.45) is 7.97. The molecule has 27 heavy (non-hydrogen) atoms. The van der Waals surface area contributed by atoms with Crippen molar-refractivity contribution in [2.75, 3.05) is 20.1 Å². The number of thiophene rings is 1. The molecule has 1 aromatic rings. The van der Waals surface area contributed by atoms with Gasteiger partial charge in [0.15, 0.2) is 0 Å². The minimum absolute atomic E-state index is 0.0236. The highest BCUT2D eigenvalue weighted by Crippen LogP contribution is 2.57. The van der Waals surface area contributed by atoms with Gasteiger partial charge in [-0.05, 0) is 75.5 Å². The fourth-order valence-electron chi connectivity index (χ4n) is 6.26. The van der Waals surface area contributed by atoms with Gasteiger partial charge in [-0.1, -0.05) is 11.6 Å². The highest BCUT2D eigenvalue weighted by molar-refractivity contribution is 7.16. The first kappa shape index (κ1) is 19.2. The average Bonchev–Trinajstić information content (AvgIpc) is 2.98. The first-order valence-electron chi connectivity index (χ1n) is 10.1. The van der Waals surface area contributed by atoms with Gasteiger partial charge in [0, 0.05) is 23.5 Å². The molecule has 0 saturated heterocycles.